The molecule has 1 atom stereocenters. The molecule has 1 aromatic carbocycles. The van der Waals surface area contributed by atoms with Crippen LogP contribution in [0.1, 0.15) is 19.3 Å². The van der Waals surface area contributed by atoms with E-state index in [1.807, 2.05) is 24.3 Å². The predicted molar refractivity (Wildman–Crippen MR) is 115 cm³/mol. The number of hydrogen-bond acceptors (Lipinski definition) is 6. The molecule has 4 rings (SSSR count). The minimum absolute atomic E-state index is 0.135. The van der Waals surface area contributed by atoms with E-state index in [-0.39, 0.29) is 6.03 Å². The first-order valence-electron chi connectivity index (χ1n) is 11.0. The van der Waals surface area contributed by atoms with Gasteiger partial charge in [-0.2, -0.15) is 0 Å². The van der Waals surface area contributed by atoms with Crippen LogP contribution in [0.4, 0.5) is 10.5 Å². The Morgan fingerprint density at radius 2 is 1.93 bits per heavy atom. The zero-order valence-corrected chi connectivity index (χ0v) is 18.1. The molecule has 166 valence electrons. The molecule has 3 heterocycles. The quantitative estimate of drug-likeness (QED) is 0.811. The van der Waals surface area contributed by atoms with E-state index in [0.717, 1.165) is 31.7 Å². The first-order chi connectivity index (χ1) is 14.6. The average molecular weight is 419 g/mol. The largest absolute Gasteiger partial charge is 0.497 e. The average Bonchev–Trinajstić information content (AvgIpc) is 2.97. The van der Waals surface area contributed by atoms with Gasteiger partial charge in [-0.3, -0.25) is 4.90 Å². The van der Waals surface area contributed by atoms with Gasteiger partial charge in [-0.25, -0.2) is 4.79 Å². The number of urea groups is 1. The standard InChI is InChI=1S/C22H34N4O4/c1-24-10-7-19(8-11-24)25-9-4-13-29-22(16-25)17-26(12-14-30-22)21(27)23-18-5-3-6-20(15-18)28-2/h3,5-6,15,19H,4,7-14,16-17H2,1-2H3,(H,23,27). The van der Waals surface area contributed by atoms with E-state index in [2.05, 4.69) is 22.2 Å². The summed E-state index contributed by atoms with van der Waals surface area (Å²) >= 11 is 0. The molecule has 0 aliphatic carbocycles. The van der Waals surface area contributed by atoms with Gasteiger partial charge in [0, 0.05) is 30.9 Å². The molecule has 0 bridgehead atoms. The summed E-state index contributed by atoms with van der Waals surface area (Å²) in [6.07, 6.45) is 3.34. The third-order valence-electron chi connectivity index (χ3n) is 6.37. The Hall–Kier alpha value is -1.87. The Balaban J connectivity index is 1.41. The number of nitrogens with one attached hydrogen (secondary N) is 1. The van der Waals surface area contributed by atoms with Crippen LogP contribution in [0.3, 0.4) is 0 Å². The van der Waals surface area contributed by atoms with E-state index >= 15 is 0 Å². The molecular formula is C22H34N4O4. The molecule has 8 heteroatoms. The van der Waals surface area contributed by atoms with Crippen molar-refractivity contribution in [2.75, 3.05) is 72.0 Å². The van der Waals surface area contributed by atoms with Crippen LogP contribution in [0.25, 0.3) is 0 Å². The van der Waals surface area contributed by atoms with E-state index in [1.54, 1.807) is 12.0 Å². The van der Waals surface area contributed by atoms with Gasteiger partial charge >= 0.3 is 6.03 Å². The molecule has 30 heavy (non-hydrogen) atoms. The molecular weight excluding hydrogens is 384 g/mol. The highest BCUT2D eigenvalue weighted by Gasteiger charge is 2.43. The second kappa shape index (κ2) is 9.51. The summed E-state index contributed by atoms with van der Waals surface area (Å²) in [4.78, 5) is 19.7. The van der Waals surface area contributed by atoms with Crippen molar-refractivity contribution in [2.24, 2.45) is 0 Å². The summed E-state index contributed by atoms with van der Waals surface area (Å²) < 4.78 is 17.7. The van der Waals surface area contributed by atoms with E-state index < -0.39 is 5.79 Å². The number of likely N-dealkylation sites (tertiary alicyclic amines) is 1. The van der Waals surface area contributed by atoms with Gasteiger partial charge in [0.05, 0.1) is 33.4 Å². The van der Waals surface area contributed by atoms with Crippen LogP contribution in [0.15, 0.2) is 24.3 Å². The van der Waals surface area contributed by atoms with Crippen LogP contribution >= 0.6 is 0 Å². The Kier molecular flexibility index (Phi) is 6.77. The highest BCUT2D eigenvalue weighted by Crippen LogP contribution is 2.28. The topological polar surface area (TPSA) is 66.5 Å². The van der Waals surface area contributed by atoms with Crippen molar-refractivity contribution in [3.63, 3.8) is 0 Å². The van der Waals surface area contributed by atoms with Crippen molar-refractivity contribution in [1.29, 1.82) is 0 Å². The fraction of sp³-hybridized carbons (Fsp3) is 0.682. The minimum Gasteiger partial charge on any atom is -0.497 e. The van der Waals surface area contributed by atoms with Crippen molar-refractivity contribution >= 4 is 11.7 Å². The number of ether oxygens (including phenoxy) is 3. The van der Waals surface area contributed by atoms with Crippen molar-refractivity contribution in [3.05, 3.63) is 24.3 Å². The number of amides is 2. The number of hydrogen-bond donors (Lipinski definition) is 1. The molecule has 0 aromatic heterocycles. The molecule has 0 saturated carbocycles. The molecule has 2 amide bonds. The van der Waals surface area contributed by atoms with Crippen LogP contribution in [0.2, 0.25) is 0 Å². The van der Waals surface area contributed by atoms with Crippen LogP contribution in [-0.4, -0.2) is 99.2 Å². The number of carbonyl (C=O) groups excluding carboxylic acids is 1. The second-order valence-corrected chi connectivity index (χ2v) is 8.55. The zero-order chi connectivity index (χ0) is 21.0. The molecule has 3 aliphatic heterocycles. The van der Waals surface area contributed by atoms with Gasteiger partial charge in [-0.1, -0.05) is 6.07 Å². The van der Waals surface area contributed by atoms with Crippen LogP contribution in [0, 0.1) is 0 Å². The van der Waals surface area contributed by atoms with E-state index in [9.17, 15) is 4.79 Å². The summed E-state index contributed by atoms with van der Waals surface area (Å²) in [7, 11) is 3.80. The highest BCUT2D eigenvalue weighted by atomic mass is 16.7. The van der Waals surface area contributed by atoms with Crippen LogP contribution in [-0.2, 0) is 9.47 Å². The van der Waals surface area contributed by atoms with Crippen LogP contribution < -0.4 is 10.1 Å². The minimum atomic E-state index is -0.746. The number of benzene rings is 1. The number of rotatable bonds is 3. The zero-order valence-electron chi connectivity index (χ0n) is 18.1. The fourth-order valence-corrected chi connectivity index (χ4v) is 4.65. The lowest BCUT2D eigenvalue weighted by molar-refractivity contribution is -0.262. The third-order valence-corrected chi connectivity index (χ3v) is 6.37. The number of anilines is 1. The predicted octanol–water partition coefficient (Wildman–Crippen LogP) is 2.07. The van der Waals surface area contributed by atoms with E-state index in [0.29, 0.717) is 44.6 Å². The number of nitrogens with zero attached hydrogens (tertiary/aromatic N) is 3. The smallest absolute Gasteiger partial charge is 0.322 e. The molecule has 1 N–H and O–H groups in total. The summed E-state index contributed by atoms with van der Waals surface area (Å²) in [6, 6.07) is 7.83. The molecule has 3 fully saturated rings. The molecule has 0 radical (unpaired) electrons. The Morgan fingerprint density at radius 1 is 1.13 bits per heavy atom. The van der Waals surface area contributed by atoms with Gasteiger partial charge in [0.2, 0.25) is 0 Å². The van der Waals surface area contributed by atoms with Gasteiger partial charge < -0.3 is 29.3 Å². The van der Waals surface area contributed by atoms with Crippen molar-refractivity contribution < 1.29 is 19.0 Å². The lowest BCUT2D eigenvalue weighted by atomic mass is 10.0. The maximum Gasteiger partial charge on any atom is 0.322 e. The van der Waals surface area contributed by atoms with E-state index in [4.69, 9.17) is 14.2 Å². The fourth-order valence-electron chi connectivity index (χ4n) is 4.65. The maximum absolute atomic E-state index is 12.9. The lowest BCUT2D eigenvalue weighted by Crippen LogP contribution is -2.61. The number of morpholine rings is 1. The highest BCUT2D eigenvalue weighted by molar-refractivity contribution is 5.89. The summed E-state index contributed by atoms with van der Waals surface area (Å²) in [5.74, 6) is -0.0313. The summed E-state index contributed by atoms with van der Waals surface area (Å²) in [5, 5.41) is 2.98. The Bertz CT molecular complexity index is 725. The summed E-state index contributed by atoms with van der Waals surface area (Å²) in [5.41, 5.74) is 0.717. The Morgan fingerprint density at radius 3 is 2.73 bits per heavy atom. The van der Waals surface area contributed by atoms with Gasteiger partial charge in [-0.05, 0) is 51.5 Å². The second-order valence-electron chi connectivity index (χ2n) is 8.55. The first kappa shape index (κ1) is 21.4. The maximum atomic E-state index is 12.9. The lowest BCUT2D eigenvalue weighted by Gasteiger charge is -2.45. The molecule has 1 spiro atoms. The van der Waals surface area contributed by atoms with Crippen molar-refractivity contribution in [2.45, 2.75) is 31.1 Å². The normalized spacial score (nSPS) is 27.1. The van der Waals surface area contributed by atoms with Crippen molar-refractivity contribution in [3.8, 4) is 5.75 Å². The molecule has 1 unspecified atom stereocenters. The SMILES string of the molecule is COc1cccc(NC(=O)N2CCOC3(C2)CN(C2CCN(C)CC2)CCCO3)c1. The van der Waals surface area contributed by atoms with Crippen molar-refractivity contribution in [1.82, 2.24) is 14.7 Å². The van der Waals surface area contributed by atoms with Gasteiger partial charge in [0.1, 0.15) is 5.75 Å². The van der Waals surface area contributed by atoms with Gasteiger partial charge in [0.15, 0.2) is 5.79 Å². The third kappa shape index (κ3) is 5.06. The van der Waals surface area contributed by atoms with Gasteiger partial charge in [-0.15, -0.1) is 0 Å². The number of carbonyl (C=O) groups is 1. The number of piperidine rings is 1. The Labute approximate surface area is 179 Å². The van der Waals surface area contributed by atoms with E-state index in [1.165, 1.54) is 12.8 Å². The molecule has 8 nitrogen and oxygen atoms in total. The monoisotopic (exact) mass is 418 g/mol. The molecule has 3 aliphatic rings. The molecule has 1 aromatic rings. The van der Waals surface area contributed by atoms with Crippen LogP contribution in [0.5, 0.6) is 5.75 Å². The summed E-state index contributed by atoms with van der Waals surface area (Å²) in [6.45, 7) is 6.12. The first-order valence-corrected chi connectivity index (χ1v) is 11.0. The van der Waals surface area contributed by atoms with Gasteiger partial charge in [0.25, 0.3) is 0 Å². The number of methoxy groups -OCH3 is 1. The molecule has 3 saturated heterocycles.